The number of nitrogens with zero attached hydrogens (tertiary/aromatic N) is 1. The number of nitrogens with one attached hydrogen (secondary N) is 1. The lowest BCUT2D eigenvalue weighted by molar-refractivity contribution is -0.122. The maximum atomic E-state index is 12.0. The van der Waals surface area contributed by atoms with Crippen LogP contribution in [0.4, 0.5) is 0 Å². The van der Waals surface area contributed by atoms with E-state index >= 15 is 0 Å². The van der Waals surface area contributed by atoms with Crippen LogP contribution in [0.3, 0.4) is 0 Å². The van der Waals surface area contributed by atoms with Crippen molar-refractivity contribution in [2.75, 3.05) is 6.54 Å². The summed E-state index contributed by atoms with van der Waals surface area (Å²) in [6, 6.07) is 13.2. The summed E-state index contributed by atoms with van der Waals surface area (Å²) in [6.07, 6.45) is 2.55. The van der Waals surface area contributed by atoms with Gasteiger partial charge in [-0.2, -0.15) is 0 Å². The smallest absolute Gasteiger partial charge is 0.240 e. The number of aromatic nitrogens is 1. The molecule has 21 heavy (non-hydrogen) atoms. The first-order valence-corrected chi connectivity index (χ1v) is 6.76. The molecule has 5 heteroatoms. The van der Waals surface area contributed by atoms with Gasteiger partial charge in [0, 0.05) is 11.7 Å². The molecule has 0 fully saturated rings. The van der Waals surface area contributed by atoms with Crippen LogP contribution < -0.4 is 5.32 Å². The molecule has 0 radical (unpaired) electrons. The van der Waals surface area contributed by atoms with Crippen molar-refractivity contribution in [1.82, 2.24) is 9.88 Å². The van der Waals surface area contributed by atoms with Crippen molar-refractivity contribution in [2.24, 2.45) is 0 Å². The zero-order valence-corrected chi connectivity index (χ0v) is 11.4. The zero-order valence-electron chi connectivity index (χ0n) is 11.4. The number of carbonyl (C=O) groups excluding carboxylic acids is 1. The van der Waals surface area contributed by atoms with Gasteiger partial charge in [0.1, 0.15) is 18.4 Å². The number of hydrogen-bond donors (Lipinski definition) is 2. The van der Waals surface area contributed by atoms with Crippen molar-refractivity contribution in [3.05, 3.63) is 60.7 Å². The van der Waals surface area contributed by atoms with Crippen LogP contribution in [0.2, 0.25) is 0 Å². The van der Waals surface area contributed by atoms with Crippen LogP contribution in [-0.4, -0.2) is 22.1 Å². The van der Waals surface area contributed by atoms with Crippen molar-refractivity contribution in [2.45, 2.75) is 12.6 Å². The molecule has 0 aliphatic carbocycles. The number of benzene rings is 1. The van der Waals surface area contributed by atoms with E-state index in [1.54, 1.807) is 12.1 Å². The molecular formula is C16H16N2O3. The molecule has 0 saturated heterocycles. The quantitative estimate of drug-likeness (QED) is 0.754. The van der Waals surface area contributed by atoms with Crippen molar-refractivity contribution in [3.8, 4) is 0 Å². The van der Waals surface area contributed by atoms with E-state index in [0.717, 1.165) is 10.9 Å². The number of hydrogen-bond acceptors (Lipinski definition) is 3. The zero-order chi connectivity index (χ0) is 14.7. The minimum atomic E-state index is -0.828. The van der Waals surface area contributed by atoms with Gasteiger partial charge in [-0.1, -0.05) is 18.2 Å². The number of furan rings is 1. The molecule has 2 heterocycles. The Morgan fingerprint density at radius 1 is 1.24 bits per heavy atom. The molecule has 1 unspecified atom stereocenters. The van der Waals surface area contributed by atoms with Gasteiger partial charge in [-0.25, -0.2) is 0 Å². The summed E-state index contributed by atoms with van der Waals surface area (Å²) < 4.78 is 6.96. The molecule has 0 bridgehead atoms. The molecule has 1 aromatic carbocycles. The van der Waals surface area contributed by atoms with Crippen LogP contribution in [0, 0.1) is 0 Å². The Hall–Kier alpha value is -2.53. The van der Waals surface area contributed by atoms with E-state index in [0.29, 0.717) is 5.76 Å². The maximum Gasteiger partial charge on any atom is 0.240 e. The SMILES string of the molecule is O=C(Cn1ccc2ccccc21)NCC(O)c1ccco1. The first-order chi connectivity index (χ1) is 10.2. The third-order valence-electron chi connectivity index (χ3n) is 3.36. The fourth-order valence-electron chi connectivity index (χ4n) is 2.28. The van der Waals surface area contributed by atoms with Crippen LogP contribution in [0.5, 0.6) is 0 Å². The van der Waals surface area contributed by atoms with Crippen molar-refractivity contribution < 1.29 is 14.3 Å². The Bertz CT molecular complexity index is 731. The van der Waals surface area contributed by atoms with E-state index in [1.807, 2.05) is 41.1 Å². The molecule has 0 aliphatic rings. The van der Waals surface area contributed by atoms with Crippen LogP contribution >= 0.6 is 0 Å². The standard InChI is InChI=1S/C16H16N2O3/c19-14(15-6-3-9-21-15)10-17-16(20)11-18-8-7-12-4-1-2-5-13(12)18/h1-9,14,19H,10-11H2,(H,17,20). The Balaban J connectivity index is 1.59. The largest absolute Gasteiger partial charge is 0.467 e. The molecule has 2 N–H and O–H groups in total. The van der Waals surface area contributed by atoms with Crippen LogP contribution in [0.25, 0.3) is 10.9 Å². The summed E-state index contributed by atoms with van der Waals surface area (Å²) in [5.41, 5.74) is 1.01. The predicted octanol–water partition coefficient (Wildman–Crippen LogP) is 2.08. The number of rotatable bonds is 5. The van der Waals surface area contributed by atoms with E-state index in [1.165, 1.54) is 6.26 Å². The Labute approximate surface area is 121 Å². The van der Waals surface area contributed by atoms with Gasteiger partial charge in [0.15, 0.2) is 0 Å². The molecule has 0 saturated carbocycles. The van der Waals surface area contributed by atoms with E-state index < -0.39 is 6.10 Å². The predicted molar refractivity (Wildman–Crippen MR) is 78.6 cm³/mol. The molecule has 3 rings (SSSR count). The van der Waals surface area contributed by atoms with Gasteiger partial charge in [0.05, 0.1) is 12.8 Å². The topological polar surface area (TPSA) is 67.4 Å². The molecule has 0 aliphatic heterocycles. The normalized spacial score (nSPS) is 12.4. The summed E-state index contributed by atoms with van der Waals surface area (Å²) in [5, 5.41) is 13.6. The molecule has 2 aromatic heterocycles. The summed E-state index contributed by atoms with van der Waals surface area (Å²) in [4.78, 5) is 12.0. The van der Waals surface area contributed by atoms with Gasteiger partial charge >= 0.3 is 0 Å². The van der Waals surface area contributed by atoms with E-state index in [-0.39, 0.29) is 19.0 Å². The third kappa shape index (κ3) is 2.98. The molecule has 0 spiro atoms. The first kappa shape index (κ1) is 13.5. The Morgan fingerprint density at radius 2 is 2.10 bits per heavy atom. The lowest BCUT2D eigenvalue weighted by Crippen LogP contribution is -2.31. The lowest BCUT2D eigenvalue weighted by atomic mass is 10.2. The van der Waals surface area contributed by atoms with Gasteiger partial charge in [0.25, 0.3) is 0 Å². The highest BCUT2D eigenvalue weighted by molar-refractivity contribution is 5.83. The van der Waals surface area contributed by atoms with Gasteiger partial charge in [-0.3, -0.25) is 4.79 Å². The van der Waals surface area contributed by atoms with E-state index in [4.69, 9.17) is 4.42 Å². The first-order valence-electron chi connectivity index (χ1n) is 6.76. The van der Waals surface area contributed by atoms with Gasteiger partial charge in [-0.05, 0) is 29.7 Å². The summed E-state index contributed by atoms with van der Waals surface area (Å²) >= 11 is 0. The maximum absolute atomic E-state index is 12.0. The molecule has 1 atom stereocenters. The molecular weight excluding hydrogens is 268 g/mol. The van der Waals surface area contributed by atoms with E-state index in [2.05, 4.69) is 5.32 Å². The lowest BCUT2D eigenvalue weighted by Gasteiger charge is -2.10. The van der Waals surface area contributed by atoms with Crippen molar-refractivity contribution in [1.29, 1.82) is 0 Å². The van der Waals surface area contributed by atoms with Crippen LogP contribution in [-0.2, 0) is 11.3 Å². The fourth-order valence-corrected chi connectivity index (χ4v) is 2.28. The average Bonchev–Trinajstić information content (AvgIpc) is 3.15. The fraction of sp³-hybridized carbons (Fsp3) is 0.188. The van der Waals surface area contributed by atoms with Crippen molar-refractivity contribution in [3.63, 3.8) is 0 Å². The van der Waals surface area contributed by atoms with Gasteiger partial charge in [0.2, 0.25) is 5.91 Å². The number of fused-ring (bicyclic) bond motifs is 1. The minimum absolute atomic E-state index is 0.131. The molecule has 1 amide bonds. The Kier molecular flexibility index (Phi) is 3.75. The summed E-state index contributed by atoms with van der Waals surface area (Å²) in [5.74, 6) is 0.295. The van der Waals surface area contributed by atoms with Crippen molar-refractivity contribution >= 4 is 16.8 Å². The van der Waals surface area contributed by atoms with Gasteiger partial charge < -0.3 is 19.4 Å². The summed E-state index contributed by atoms with van der Waals surface area (Å²) in [6.45, 7) is 0.351. The minimum Gasteiger partial charge on any atom is -0.467 e. The number of carbonyl (C=O) groups is 1. The van der Waals surface area contributed by atoms with Gasteiger partial charge in [-0.15, -0.1) is 0 Å². The number of aliphatic hydroxyl groups is 1. The van der Waals surface area contributed by atoms with E-state index in [9.17, 15) is 9.90 Å². The second kappa shape index (κ2) is 5.85. The second-order valence-electron chi connectivity index (χ2n) is 4.84. The average molecular weight is 284 g/mol. The molecule has 108 valence electrons. The number of amides is 1. The second-order valence-corrected chi connectivity index (χ2v) is 4.84. The molecule has 3 aromatic rings. The van der Waals surface area contributed by atoms with Crippen LogP contribution in [0.1, 0.15) is 11.9 Å². The monoisotopic (exact) mass is 284 g/mol. The Morgan fingerprint density at radius 3 is 2.90 bits per heavy atom. The number of aliphatic hydroxyl groups excluding tert-OH is 1. The number of para-hydroxylation sites is 1. The van der Waals surface area contributed by atoms with Crippen LogP contribution in [0.15, 0.2) is 59.3 Å². The highest BCUT2D eigenvalue weighted by atomic mass is 16.4. The highest BCUT2D eigenvalue weighted by Crippen LogP contribution is 2.15. The third-order valence-corrected chi connectivity index (χ3v) is 3.36. The molecule has 5 nitrogen and oxygen atoms in total. The summed E-state index contributed by atoms with van der Waals surface area (Å²) in [7, 11) is 0. The highest BCUT2D eigenvalue weighted by Gasteiger charge is 2.12.